The fourth-order valence-corrected chi connectivity index (χ4v) is 2.89. The number of urea groups is 1. The molecule has 150 valence electrons. The predicted octanol–water partition coefficient (Wildman–Crippen LogP) is 2.28. The fraction of sp³-hybridized carbons (Fsp3) is 0.167. The van der Waals surface area contributed by atoms with Crippen LogP contribution >= 0.6 is 0 Å². The summed E-state index contributed by atoms with van der Waals surface area (Å²) in [5.41, 5.74) is -2.19. The third-order valence-electron chi connectivity index (χ3n) is 4.41. The Bertz CT molecular complexity index is 1040. The van der Waals surface area contributed by atoms with Crippen LogP contribution in [0.2, 0.25) is 0 Å². The number of hydrogen-bond donors (Lipinski definition) is 2. The van der Waals surface area contributed by atoms with Crippen molar-refractivity contribution in [2.75, 3.05) is 11.9 Å². The van der Waals surface area contributed by atoms with Crippen molar-refractivity contribution < 1.29 is 28.1 Å². The van der Waals surface area contributed by atoms with Gasteiger partial charge in [-0.3, -0.25) is 24.6 Å². The van der Waals surface area contributed by atoms with Crippen molar-refractivity contribution in [2.24, 2.45) is 0 Å². The van der Waals surface area contributed by atoms with E-state index in [9.17, 15) is 33.3 Å². The molecule has 1 fully saturated rings. The summed E-state index contributed by atoms with van der Waals surface area (Å²) in [7, 11) is 0. The van der Waals surface area contributed by atoms with Gasteiger partial charge in [0.05, 0.1) is 10.6 Å². The Hall–Kier alpha value is -3.89. The number of nitro benzene ring substituents is 1. The summed E-state index contributed by atoms with van der Waals surface area (Å²) < 4.78 is 26.9. The minimum atomic E-state index is -1.63. The van der Waals surface area contributed by atoms with Crippen LogP contribution in [0.1, 0.15) is 12.5 Å². The van der Waals surface area contributed by atoms with Gasteiger partial charge in [-0.1, -0.05) is 12.1 Å². The highest BCUT2D eigenvalue weighted by Crippen LogP contribution is 2.30. The van der Waals surface area contributed by atoms with Gasteiger partial charge in [-0.25, -0.2) is 13.6 Å². The molecule has 1 atom stereocenters. The van der Waals surface area contributed by atoms with E-state index >= 15 is 0 Å². The van der Waals surface area contributed by atoms with Crippen LogP contribution in [0.25, 0.3) is 0 Å². The number of imide groups is 1. The quantitative estimate of drug-likeness (QED) is 0.450. The van der Waals surface area contributed by atoms with Gasteiger partial charge in [0.1, 0.15) is 23.7 Å². The highest BCUT2D eigenvalue weighted by atomic mass is 19.1. The Morgan fingerprint density at radius 2 is 1.97 bits per heavy atom. The van der Waals surface area contributed by atoms with Gasteiger partial charge in [0.2, 0.25) is 5.91 Å². The number of halogens is 2. The molecular weight excluding hydrogens is 390 g/mol. The summed E-state index contributed by atoms with van der Waals surface area (Å²) in [5, 5.41) is 15.5. The van der Waals surface area contributed by atoms with E-state index in [-0.39, 0.29) is 11.3 Å². The molecule has 2 aromatic rings. The molecule has 0 aromatic heterocycles. The third kappa shape index (κ3) is 3.74. The van der Waals surface area contributed by atoms with E-state index in [0.717, 1.165) is 24.3 Å². The van der Waals surface area contributed by atoms with Crippen molar-refractivity contribution in [2.45, 2.75) is 12.5 Å². The molecule has 0 radical (unpaired) electrons. The molecule has 0 saturated carbocycles. The summed E-state index contributed by atoms with van der Waals surface area (Å²) in [6, 6.07) is 6.70. The van der Waals surface area contributed by atoms with Gasteiger partial charge in [0.25, 0.3) is 11.6 Å². The minimum absolute atomic E-state index is 0.157. The summed E-state index contributed by atoms with van der Waals surface area (Å²) in [5.74, 6) is -3.42. The molecule has 3 rings (SSSR count). The Morgan fingerprint density at radius 3 is 2.66 bits per heavy atom. The molecule has 9 nitrogen and oxygen atoms in total. The van der Waals surface area contributed by atoms with Crippen molar-refractivity contribution in [3.63, 3.8) is 0 Å². The molecule has 4 amide bonds. The second-order valence-corrected chi connectivity index (χ2v) is 6.43. The van der Waals surface area contributed by atoms with E-state index in [1.807, 2.05) is 0 Å². The van der Waals surface area contributed by atoms with Crippen LogP contribution in [-0.4, -0.2) is 34.2 Å². The molecule has 1 aliphatic heterocycles. The summed E-state index contributed by atoms with van der Waals surface area (Å²) in [4.78, 5) is 48.1. The van der Waals surface area contributed by atoms with Crippen LogP contribution in [0.3, 0.4) is 0 Å². The van der Waals surface area contributed by atoms with Gasteiger partial charge < -0.3 is 10.6 Å². The minimum Gasteiger partial charge on any atom is -0.322 e. The molecule has 1 aliphatic rings. The lowest BCUT2D eigenvalue weighted by molar-refractivity contribution is -0.385. The Balaban J connectivity index is 1.80. The van der Waals surface area contributed by atoms with E-state index in [1.165, 1.54) is 25.1 Å². The first-order valence-electron chi connectivity index (χ1n) is 8.26. The standard InChI is InChI=1S/C18H14F2N4O5/c1-18(10-3-2-4-12(7-10)24(28)29)16(26)23(17(27)22-18)9-15(25)21-14-8-11(19)5-6-13(14)20/h2-8H,9H2,1H3,(H,21,25)(H,22,27). The third-order valence-corrected chi connectivity index (χ3v) is 4.41. The molecular formula is C18H14F2N4O5. The first kappa shape index (κ1) is 19.9. The second-order valence-electron chi connectivity index (χ2n) is 6.43. The molecule has 2 N–H and O–H groups in total. The average Bonchev–Trinajstić information content (AvgIpc) is 2.89. The Labute approximate surface area is 162 Å². The van der Waals surface area contributed by atoms with Gasteiger partial charge in [-0.05, 0) is 24.6 Å². The maximum absolute atomic E-state index is 13.6. The number of anilines is 1. The van der Waals surface area contributed by atoms with Crippen LogP contribution in [0.15, 0.2) is 42.5 Å². The second kappa shape index (κ2) is 7.26. The number of hydrogen-bond acceptors (Lipinski definition) is 5. The number of nitrogens with zero attached hydrogens (tertiary/aromatic N) is 2. The Kier molecular flexibility index (Phi) is 4.97. The Morgan fingerprint density at radius 1 is 1.24 bits per heavy atom. The lowest BCUT2D eigenvalue weighted by Crippen LogP contribution is -2.42. The van der Waals surface area contributed by atoms with Crippen molar-refractivity contribution in [3.8, 4) is 0 Å². The van der Waals surface area contributed by atoms with Crippen LogP contribution in [0.4, 0.5) is 25.0 Å². The van der Waals surface area contributed by atoms with E-state index in [0.29, 0.717) is 4.90 Å². The summed E-state index contributed by atoms with van der Waals surface area (Å²) in [6.45, 7) is 0.585. The maximum atomic E-state index is 13.6. The number of non-ortho nitro benzene ring substituents is 1. The first-order valence-corrected chi connectivity index (χ1v) is 8.26. The van der Waals surface area contributed by atoms with E-state index in [1.54, 1.807) is 0 Å². The monoisotopic (exact) mass is 404 g/mol. The molecule has 0 bridgehead atoms. The van der Waals surface area contributed by atoms with Crippen molar-refractivity contribution >= 4 is 29.2 Å². The predicted molar refractivity (Wildman–Crippen MR) is 95.7 cm³/mol. The molecule has 2 aromatic carbocycles. The smallest absolute Gasteiger partial charge is 0.322 e. The van der Waals surface area contributed by atoms with Gasteiger partial charge >= 0.3 is 6.03 Å². The first-order chi connectivity index (χ1) is 13.6. The van der Waals surface area contributed by atoms with Crippen LogP contribution < -0.4 is 10.6 Å². The number of carbonyl (C=O) groups excluding carboxylic acids is 3. The van der Waals surface area contributed by atoms with E-state index < -0.39 is 52.2 Å². The van der Waals surface area contributed by atoms with E-state index in [4.69, 9.17) is 0 Å². The number of nitrogens with one attached hydrogen (secondary N) is 2. The van der Waals surface area contributed by atoms with Crippen molar-refractivity contribution in [1.82, 2.24) is 10.2 Å². The topological polar surface area (TPSA) is 122 Å². The molecule has 1 unspecified atom stereocenters. The zero-order valence-electron chi connectivity index (χ0n) is 14.9. The maximum Gasteiger partial charge on any atom is 0.325 e. The zero-order valence-corrected chi connectivity index (χ0v) is 14.9. The van der Waals surface area contributed by atoms with Crippen LogP contribution in [0.5, 0.6) is 0 Å². The molecule has 0 aliphatic carbocycles. The SMILES string of the molecule is CC1(c2cccc([N+](=O)[O-])c2)NC(=O)N(CC(=O)Nc2cc(F)ccc2F)C1=O. The van der Waals surface area contributed by atoms with Gasteiger partial charge in [0, 0.05) is 18.2 Å². The highest BCUT2D eigenvalue weighted by Gasteiger charge is 2.49. The number of amides is 4. The van der Waals surface area contributed by atoms with Crippen molar-refractivity contribution in [1.29, 1.82) is 0 Å². The average molecular weight is 404 g/mol. The van der Waals surface area contributed by atoms with Gasteiger partial charge in [0.15, 0.2) is 0 Å². The van der Waals surface area contributed by atoms with Crippen LogP contribution in [-0.2, 0) is 15.1 Å². The number of nitro groups is 1. The summed E-state index contributed by atoms with van der Waals surface area (Å²) in [6.07, 6.45) is 0. The van der Waals surface area contributed by atoms with Gasteiger partial charge in [-0.2, -0.15) is 0 Å². The number of rotatable bonds is 5. The zero-order chi connectivity index (χ0) is 21.3. The lowest BCUT2D eigenvalue weighted by atomic mass is 9.91. The fourth-order valence-electron chi connectivity index (χ4n) is 2.89. The molecule has 1 saturated heterocycles. The summed E-state index contributed by atoms with van der Waals surface area (Å²) >= 11 is 0. The van der Waals surface area contributed by atoms with Crippen molar-refractivity contribution in [3.05, 3.63) is 69.8 Å². The molecule has 11 heteroatoms. The molecule has 0 spiro atoms. The normalized spacial score (nSPS) is 18.5. The highest BCUT2D eigenvalue weighted by molar-refractivity contribution is 6.10. The number of carbonyl (C=O) groups is 3. The lowest BCUT2D eigenvalue weighted by Gasteiger charge is -2.22. The largest absolute Gasteiger partial charge is 0.325 e. The molecule has 1 heterocycles. The van der Waals surface area contributed by atoms with Gasteiger partial charge in [-0.15, -0.1) is 0 Å². The number of benzene rings is 2. The molecule has 29 heavy (non-hydrogen) atoms. The van der Waals surface area contributed by atoms with E-state index in [2.05, 4.69) is 10.6 Å². The van der Waals surface area contributed by atoms with Crippen LogP contribution in [0, 0.1) is 21.7 Å².